The van der Waals surface area contributed by atoms with Crippen molar-refractivity contribution in [2.24, 2.45) is 5.92 Å². The lowest BCUT2D eigenvalue weighted by Gasteiger charge is -2.49. The molecule has 1 aliphatic carbocycles. The molecule has 12 heavy (non-hydrogen) atoms. The first-order valence-electron chi connectivity index (χ1n) is 5.29. The largest absolute Gasteiger partial charge is 0.314 e. The molecule has 0 radical (unpaired) electrons. The molecule has 0 aromatic rings. The molecule has 70 valence electrons. The summed E-state index contributed by atoms with van der Waals surface area (Å²) >= 11 is 0. The molecule has 0 aromatic heterocycles. The Balaban J connectivity index is 1.88. The van der Waals surface area contributed by atoms with E-state index in [1.54, 1.807) is 0 Å². The van der Waals surface area contributed by atoms with Gasteiger partial charge in [0, 0.05) is 25.2 Å². The van der Waals surface area contributed by atoms with Gasteiger partial charge in [0.25, 0.3) is 0 Å². The third kappa shape index (κ3) is 1.27. The third-order valence-corrected chi connectivity index (χ3v) is 3.59. The maximum absolute atomic E-state index is 3.35. The highest BCUT2D eigenvalue weighted by atomic mass is 15.3. The van der Waals surface area contributed by atoms with Crippen molar-refractivity contribution in [3.8, 4) is 0 Å². The maximum Gasteiger partial charge on any atom is 0.0348 e. The summed E-state index contributed by atoms with van der Waals surface area (Å²) in [4.78, 5) is 2.70. The average Bonchev–Trinajstić information content (AvgIpc) is 1.97. The van der Waals surface area contributed by atoms with Gasteiger partial charge in [0.2, 0.25) is 0 Å². The number of rotatable bonds is 3. The van der Waals surface area contributed by atoms with Crippen LogP contribution in [0, 0.1) is 5.92 Å². The molecule has 2 rings (SSSR count). The SMILES string of the molecule is CCN(C1CNC1)C1CCC1C. The molecule has 2 atom stereocenters. The molecule has 0 aromatic carbocycles. The topological polar surface area (TPSA) is 15.3 Å². The summed E-state index contributed by atoms with van der Waals surface area (Å²) in [5.74, 6) is 0.950. The van der Waals surface area contributed by atoms with Gasteiger partial charge in [-0.15, -0.1) is 0 Å². The highest BCUT2D eigenvalue weighted by Gasteiger charge is 2.36. The molecule has 2 aliphatic rings. The van der Waals surface area contributed by atoms with Gasteiger partial charge in [-0.1, -0.05) is 13.8 Å². The van der Waals surface area contributed by atoms with Gasteiger partial charge in [0.05, 0.1) is 0 Å². The van der Waals surface area contributed by atoms with E-state index in [1.807, 2.05) is 0 Å². The fraction of sp³-hybridized carbons (Fsp3) is 1.00. The molecule has 1 saturated heterocycles. The Morgan fingerprint density at radius 2 is 2.08 bits per heavy atom. The van der Waals surface area contributed by atoms with Crippen LogP contribution in [0.3, 0.4) is 0 Å². The van der Waals surface area contributed by atoms with E-state index in [9.17, 15) is 0 Å². The van der Waals surface area contributed by atoms with Gasteiger partial charge in [0.1, 0.15) is 0 Å². The zero-order valence-electron chi connectivity index (χ0n) is 8.21. The highest BCUT2D eigenvalue weighted by molar-refractivity contribution is 4.93. The van der Waals surface area contributed by atoms with Crippen molar-refractivity contribution in [3.05, 3.63) is 0 Å². The van der Waals surface area contributed by atoms with Crippen molar-refractivity contribution in [1.29, 1.82) is 0 Å². The number of hydrogen-bond acceptors (Lipinski definition) is 2. The van der Waals surface area contributed by atoms with Crippen LogP contribution in [0.25, 0.3) is 0 Å². The van der Waals surface area contributed by atoms with Gasteiger partial charge >= 0.3 is 0 Å². The van der Waals surface area contributed by atoms with Crippen LogP contribution in [0.4, 0.5) is 0 Å². The third-order valence-electron chi connectivity index (χ3n) is 3.59. The van der Waals surface area contributed by atoms with Gasteiger partial charge in [0.15, 0.2) is 0 Å². The van der Waals surface area contributed by atoms with E-state index in [0.29, 0.717) is 0 Å². The van der Waals surface area contributed by atoms with Crippen LogP contribution in [-0.4, -0.2) is 36.6 Å². The normalized spacial score (nSPS) is 36.2. The van der Waals surface area contributed by atoms with Crippen molar-refractivity contribution in [2.45, 2.75) is 38.8 Å². The van der Waals surface area contributed by atoms with E-state index in [1.165, 1.54) is 32.5 Å². The van der Waals surface area contributed by atoms with Crippen LogP contribution >= 0.6 is 0 Å². The minimum atomic E-state index is 0.850. The quantitative estimate of drug-likeness (QED) is 0.678. The molecule has 0 amide bonds. The van der Waals surface area contributed by atoms with Crippen LogP contribution in [0.1, 0.15) is 26.7 Å². The van der Waals surface area contributed by atoms with Crippen molar-refractivity contribution in [1.82, 2.24) is 10.2 Å². The van der Waals surface area contributed by atoms with E-state index in [4.69, 9.17) is 0 Å². The summed E-state index contributed by atoms with van der Waals surface area (Å²) in [6.45, 7) is 8.36. The number of likely N-dealkylation sites (N-methyl/N-ethyl adjacent to an activating group) is 1. The molecule has 2 nitrogen and oxygen atoms in total. The van der Waals surface area contributed by atoms with Crippen LogP contribution in [0.15, 0.2) is 0 Å². The second-order valence-electron chi connectivity index (χ2n) is 4.26. The molecular formula is C10H20N2. The molecule has 1 saturated carbocycles. The lowest BCUT2D eigenvalue weighted by molar-refractivity contribution is 0.0202. The van der Waals surface area contributed by atoms with Crippen LogP contribution in [0.2, 0.25) is 0 Å². The van der Waals surface area contributed by atoms with Crippen molar-refractivity contribution in [3.63, 3.8) is 0 Å². The molecule has 0 spiro atoms. The van der Waals surface area contributed by atoms with Gasteiger partial charge in [-0.3, -0.25) is 4.90 Å². The predicted octanol–water partition coefficient (Wildman–Crippen LogP) is 1.08. The van der Waals surface area contributed by atoms with E-state index < -0.39 is 0 Å². The zero-order chi connectivity index (χ0) is 8.55. The summed E-state index contributed by atoms with van der Waals surface area (Å²) in [7, 11) is 0. The second-order valence-corrected chi connectivity index (χ2v) is 4.26. The second kappa shape index (κ2) is 3.35. The van der Waals surface area contributed by atoms with E-state index >= 15 is 0 Å². The number of hydrogen-bond donors (Lipinski definition) is 1. The van der Waals surface area contributed by atoms with Crippen molar-refractivity contribution < 1.29 is 0 Å². The Morgan fingerprint density at radius 3 is 2.33 bits per heavy atom. The summed E-state index contributed by atoms with van der Waals surface area (Å²) in [5.41, 5.74) is 0. The van der Waals surface area contributed by atoms with Crippen LogP contribution in [0.5, 0.6) is 0 Å². The first kappa shape index (κ1) is 8.52. The average molecular weight is 168 g/mol. The summed E-state index contributed by atoms with van der Waals surface area (Å²) in [6, 6.07) is 1.75. The summed E-state index contributed by atoms with van der Waals surface area (Å²) in [6.07, 6.45) is 2.88. The van der Waals surface area contributed by atoms with Crippen molar-refractivity contribution >= 4 is 0 Å². The highest BCUT2D eigenvalue weighted by Crippen LogP contribution is 2.33. The summed E-state index contributed by atoms with van der Waals surface area (Å²) in [5, 5.41) is 3.35. The fourth-order valence-corrected chi connectivity index (χ4v) is 2.41. The van der Waals surface area contributed by atoms with Gasteiger partial charge < -0.3 is 5.32 Å². The Hall–Kier alpha value is -0.0800. The van der Waals surface area contributed by atoms with E-state index in [2.05, 4.69) is 24.1 Å². The van der Waals surface area contributed by atoms with Crippen LogP contribution in [-0.2, 0) is 0 Å². The standard InChI is InChI=1S/C10H20N2/c1-3-12(9-6-11-7-9)10-5-4-8(10)2/h8-11H,3-7H2,1-2H3. The number of nitrogens with zero attached hydrogens (tertiary/aromatic N) is 1. The molecule has 2 fully saturated rings. The molecule has 1 heterocycles. The summed E-state index contributed by atoms with van der Waals surface area (Å²) < 4.78 is 0. The lowest BCUT2D eigenvalue weighted by Crippen LogP contribution is -2.62. The molecule has 2 unspecified atom stereocenters. The van der Waals surface area contributed by atoms with E-state index in [0.717, 1.165) is 18.0 Å². The monoisotopic (exact) mass is 168 g/mol. The van der Waals surface area contributed by atoms with Gasteiger partial charge in [-0.2, -0.15) is 0 Å². The molecular weight excluding hydrogens is 148 g/mol. The molecule has 1 aliphatic heterocycles. The lowest BCUT2D eigenvalue weighted by atomic mass is 9.79. The Morgan fingerprint density at radius 1 is 1.33 bits per heavy atom. The maximum atomic E-state index is 3.35. The Labute approximate surface area is 75.3 Å². The first-order valence-corrected chi connectivity index (χ1v) is 5.29. The van der Waals surface area contributed by atoms with E-state index in [-0.39, 0.29) is 0 Å². The van der Waals surface area contributed by atoms with Gasteiger partial charge in [-0.05, 0) is 25.3 Å². The number of nitrogens with one attached hydrogen (secondary N) is 1. The minimum Gasteiger partial charge on any atom is -0.314 e. The first-order chi connectivity index (χ1) is 5.83. The van der Waals surface area contributed by atoms with Crippen LogP contribution < -0.4 is 5.32 Å². The zero-order valence-corrected chi connectivity index (χ0v) is 8.21. The molecule has 0 bridgehead atoms. The van der Waals surface area contributed by atoms with Crippen molar-refractivity contribution in [2.75, 3.05) is 19.6 Å². The molecule has 2 heteroatoms. The smallest absolute Gasteiger partial charge is 0.0348 e. The Bertz CT molecular complexity index is 154. The minimum absolute atomic E-state index is 0.850. The van der Waals surface area contributed by atoms with Gasteiger partial charge in [-0.25, -0.2) is 0 Å². The molecule has 1 N–H and O–H groups in total. The predicted molar refractivity (Wildman–Crippen MR) is 51.2 cm³/mol. The fourth-order valence-electron chi connectivity index (χ4n) is 2.41. The Kier molecular flexibility index (Phi) is 2.37.